The number of likely N-dealkylation sites (N-methyl/N-ethyl adjacent to an activating group) is 1. The van der Waals surface area contributed by atoms with Gasteiger partial charge in [0, 0.05) is 32.7 Å². The van der Waals surface area contributed by atoms with Crippen LogP contribution >= 0.6 is 0 Å². The van der Waals surface area contributed by atoms with Crippen LogP contribution in [0.4, 0.5) is 0 Å². The Bertz CT molecular complexity index is 440. The Kier molecular flexibility index (Phi) is 5.51. The zero-order valence-electron chi connectivity index (χ0n) is 14.3. The topological polar surface area (TPSA) is 9.72 Å². The highest BCUT2D eigenvalue weighted by atomic mass is 15.2. The fraction of sp³-hybridized carbons (Fsp3) is 0.684. The number of nitrogens with zero attached hydrogens (tertiary/aromatic N) is 3. The minimum Gasteiger partial charge on any atom is -0.306 e. The molecule has 0 saturated carbocycles. The second kappa shape index (κ2) is 7.58. The van der Waals surface area contributed by atoms with E-state index in [4.69, 9.17) is 0 Å². The van der Waals surface area contributed by atoms with Crippen molar-refractivity contribution in [3.05, 3.63) is 35.4 Å². The molecule has 0 aromatic heterocycles. The largest absolute Gasteiger partial charge is 0.306 e. The Hall–Kier alpha value is -0.900. The predicted molar refractivity (Wildman–Crippen MR) is 93.6 cm³/mol. The van der Waals surface area contributed by atoms with Crippen molar-refractivity contribution in [3.8, 4) is 0 Å². The van der Waals surface area contributed by atoms with Crippen LogP contribution < -0.4 is 0 Å². The summed E-state index contributed by atoms with van der Waals surface area (Å²) < 4.78 is 0. The molecule has 0 spiro atoms. The van der Waals surface area contributed by atoms with Gasteiger partial charge in [-0.15, -0.1) is 0 Å². The van der Waals surface area contributed by atoms with Crippen LogP contribution in [0, 0.1) is 0 Å². The molecular weight excluding hydrogens is 270 g/mol. The van der Waals surface area contributed by atoms with Gasteiger partial charge in [-0.1, -0.05) is 24.3 Å². The van der Waals surface area contributed by atoms with Gasteiger partial charge >= 0.3 is 0 Å². The maximum Gasteiger partial charge on any atom is 0.0110 e. The smallest absolute Gasteiger partial charge is 0.0110 e. The van der Waals surface area contributed by atoms with Crippen molar-refractivity contribution in [2.75, 3.05) is 59.9 Å². The zero-order valence-corrected chi connectivity index (χ0v) is 14.3. The molecule has 0 radical (unpaired) electrons. The molecule has 3 nitrogen and oxygen atoms in total. The Morgan fingerprint density at radius 1 is 0.818 bits per heavy atom. The predicted octanol–water partition coefficient (Wildman–Crippen LogP) is 2.29. The van der Waals surface area contributed by atoms with E-state index in [-0.39, 0.29) is 0 Å². The fourth-order valence-electron chi connectivity index (χ4n) is 3.66. The van der Waals surface area contributed by atoms with Crippen molar-refractivity contribution < 1.29 is 0 Å². The van der Waals surface area contributed by atoms with Crippen molar-refractivity contribution in [1.82, 2.24) is 14.7 Å². The lowest BCUT2D eigenvalue weighted by atomic mass is 9.89. The molecule has 0 atom stereocenters. The molecule has 2 aliphatic rings. The Balaban J connectivity index is 1.47. The number of rotatable bonds is 4. The van der Waals surface area contributed by atoms with E-state index in [9.17, 15) is 0 Å². The third kappa shape index (κ3) is 4.31. The highest BCUT2D eigenvalue weighted by Crippen LogP contribution is 2.27. The second-order valence-corrected chi connectivity index (χ2v) is 7.21. The highest BCUT2D eigenvalue weighted by molar-refractivity contribution is 5.26. The number of benzene rings is 1. The number of hydrogen-bond acceptors (Lipinski definition) is 3. The average Bonchev–Trinajstić information content (AvgIpc) is 2.56. The molecular formula is C19H31N3. The van der Waals surface area contributed by atoms with E-state index in [0.717, 1.165) is 5.92 Å². The van der Waals surface area contributed by atoms with Crippen LogP contribution in [0.3, 0.4) is 0 Å². The number of piperazine rings is 1. The van der Waals surface area contributed by atoms with Crippen LogP contribution in [0.15, 0.2) is 24.3 Å². The molecule has 2 aliphatic heterocycles. The highest BCUT2D eigenvalue weighted by Gasteiger charge is 2.18. The Morgan fingerprint density at radius 2 is 1.41 bits per heavy atom. The van der Waals surface area contributed by atoms with Crippen LogP contribution in [0.1, 0.15) is 29.9 Å². The lowest BCUT2D eigenvalue weighted by molar-refractivity contribution is 0.155. The number of piperidine rings is 1. The van der Waals surface area contributed by atoms with Gasteiger partial charge in [-0.05, 0) is 63.5 Å². The summed E-state index contributed by atoms with van der Waals surface area (Å²) in [6.07, 6.45) is 3.83. The van der Waals surface area contributed by atoms with E-state index in [1.165, 1.54) is 70.6 Å². The minimum atomic E-state index is 0.780. The fourth-order valence-corrected chi connectivity index (χ4v) is 3.66. The lowest BCUT2D eigenvalue weighted by Crippen LogP contribution is -2.45. The van der Waals surface area contributed by atoms with Gasteiger partial charge < -0.3 is 14.7 Å². The van der Waals surface area contributed by atoms with Gasteiger partial charge in [0.25, 0.3) is 0 Å². The Labute approximate surface area is 135 Å². The molecule has 0 N–H and O–H groups in total. The van der Waals surface area contributed by atoms with Crippen LogP contribution in [0.2, 0.25) is 0 Å². The van der Waals surface area contributed by atoms with Crippen molar-refractivity contribution in [2.24, 2.45) is 0 Å². The summed E-state index contributed by atoms with van der Waals surface area (Å²) in [6, 6.07) is 9.50. The molecule has 2 heterocycles. The first kappa shape index (κ1) is 16.0. The van der Waals surface area contributed by atoms with E-state index in [1.54, 1.807) is 5.56 Å². The molecule has 0 unspecified atom stereocenters. The third-order valence-corrected chi connectivity index (χ3v) is 5.48. The number of likely N-dealkylation sites (tertiary alicyclic amines) is 1. The standard InChI is InChI=1S/C19H31N3/c1-20-10-8-19(9-11-20)18-5-3-17(4-6-18)7-12-22-15-13-21(2)14-16-22/h3-6,19H,7-16H2,1-2H3. The third-order valence-electron chi connectivity index (χ3n) is 5.48. The maximum atomic E-state index is 2.60. The summed E-state index contributed by atoms with van der Waals surface area (Å²) >= 11 is 0. The van der Waals surface area contributed by atoms with Gasteiger partial charge in [-0.2, -0.15) is 0 Å². The van der Waals surface area contributed by atoms with Crippen molar-refractivity contribution >= 4 is 0 Å². The molecule has 2 fully saturated rings. The summed E-state index contributed by atoms with van der Waals surface area (Å²) in [4.78, 5) is 7.47. The van der Waals surface area contributed by atoms with Crippen LogP contribution in [-0.4, -0.2) is 74.6 Å². The summed E-state index contributed by atoms with van der Waals surface area (Å²) in [5, 5.41) is 0. The zero-order chi connectivity index (χ0) is 15.4. The minimum absolute atomic E-state index is 0.780. The van der Waals surface area contributed by atoms with E-state index < -0.39 is 0 Å². The SMILES string of the molecule is CN1CCC(c2ccc(CCN3CCN(C)CC3)cc2)CC1. The first-order valence-electron chi connectivity index (χ1n) is 8.89. The Morgan fingerprint density at radius 3 is 2.05 bits per heavy atom. The van der Waals surface area contributed by atoms with Gasteiger partial charge in [0.1, 0.15) is 0 Å². The normalized spacial score (nSPS) is 23.0. The van der Waals surface area contributed by atoms with E-state index in [1.807, 2.05) is 0 Å². The lowest BCUT2D eigenvalue weighted by Gasteiger charge is -2.32. The van der Waals surface area contributed by atoms with Crippen LogP contribution in [-0.2, 0) is 6.42 Å². The molecule has 1 aromatic rings. The average molecular weight is 301 g/mol. The quantitative estimate of drug-likeness (QED) is 0.845. The van der Waals surface area contributed by atoms with Crippen molar-refractivity contribution in [2.45, 2.75) is 25.2 Å². The second-order valence-electron chi connectivity index (χ2n) is 7.21. The number of hydrogen-bond donors (Lipinski definition) is 0. The molecule has 0 aliphatic carbocycles. The first-order chi connectivity index (χ1) is 10.7. The van der Waals surface area contributed by atoms with Gasteiger partial charge in [0.05, 0.1) is 0 Å². The molecule has 3 rings (SSSR count). The van der Waals surface area contributed by atoms with Crippen molar-refractivity contribution in [1.29, 1.82) is 0 Å². The molecule has 0 amide bonds. The molecule has 1 aromatic carbocycles. The summed E-state index contributed by atoms with van der Waals surface area (Å²) in [5.41, 5.74) is 3.05. The summed E-state index contributed by atoms with van der Waals surface area (Å²) in [5.74, 6) is 0.780. The van der Waals surface area contributed by atoms with Gasteiger partial charge in [0.15, 0.2) is 0 Å². The molecule has 0 bridgehead atoms. The van der Waals surface area contributed by atoms with E-state index >= 15 is 0 Å². The van der Waals surface area contributed by atoms with E-state index in [0.29, 0.717) is 0 Å². The van der Waals surface area contributed by atoms with Gasteiger partial charge in [-0.25, -0.2) is 0 Å². The first-order valence-corrected chi connectivity index (χ1v) is 8.89. The van der Waals surface area contributed by atoms with Gasteiger partial charge in [-0.3, -0.25) is 0 Å². The molecule has 22 heavy (non-hydrogen) atoms. The van der Waals surface area contributed by atoms with Crippen molar-refractivity contribution in [3.63, 3.8) is 0 Å². The van der Waals surface area contributed by atoms with Crippen LogP contribution in [0.25, 0.3) is 0 Å². The molecule has 122 valence electrons. The molecule has 2 saturated heterocycles. The summed E-state index contributed by atoms with van der Waals surface area (Å²) in [6.45, 7) is 8.59. The van der Waals surface area contributed by atoms with Crippen LogP contribution in [0.5, 0.6) is 0 Å². The monoisotopic (exact) mass is 301 g/mol. The maximum absolute atomic E-state index is 2.60. The van der Waals surface area contributed by atoms with E-state index in [2.05, 4.69) is 53.1 Å². The summed E-state index contributed by atoms with van der Waals surface area (Å²) in [7, 11) is 4.46. The van der Waals surface area contributed by atoms with Gasteiger partial charge in [0.2, 0.25) is 0 Å². The molecule has 3 heteroatoms.